The van der Waals surface area contributed by atoms with Crippen molar-refractivity contribution in [2.45, 2.75) is 61.2 Å². The van der Waals surface area contributed by atoms with E-state index >= 15 is 0 Å². The predicted molar refractivity (Wildman–Crippen MR) is 156 cm³/mol. The van der Waals surface area contributed by atoms with E-state index in [-0.39, 0.29) is 0 Å². The van der Waals surface area contributed by atoms with Crippen LogP contribution >= 0.6 is 0 Å². The van der Waals surface area contributed by atoms with Gasteiger partial charge >= 0.3 is 0 Å². The summed E-state index contributed by atoms with van der Waals surface area (Å²) in [5.41, 5.74) is 15.5. The molecule has 0 amide bonds. The first-order valence-electron chi connectivity index (χ1n) is 12.8. The molecule has 4 rings (SSSR count). The lowest BCUT2D eigenvalue weighted by atomic mass is 9.87. The standard InChI is InChI=1S/C33H39N3/c1-22-7-13-28(14-8-22)34-19-31-25(4)32(20-35-29-15-9-23(2)10-16-29)27(6)33(26(31)5)21-36-30-17-11-24(3)12-18-30/h7-18,34-36H,19-21H2,1-6H3. The molecule has 3 nitrogen and oxygen atoms in total. The second kappa shape index (κ2) is 11.3. The van der Waals surface area contributed by atoms with Crippen molar-refractivity contribution in [3.8, 4) is 0 Å². The molecule has 36 heavy (non-hydrogen) atoms. The lowest BCUT2D eigenvalue weighted by molar-refractivity contribution is 0.972. The van der Waals surface area contributed by atoms with Crippen LogP contribution in [-0.2, 0) is 19.6 Å². The predicted octanol–water partition coefficient (Wildman–Crippen LogP) is 8.37. The van der Waals surface area contributed by atoms with Gasteiger partial charge < -0.3 is 16.0 Å². The average molecular weight is 478 g/mol. The molecule has 0 saturated heterocycles. The molecule has 0 aromatic heterocycles. The van der Waals surface area contributed by atoms with Gasteiger partial charge in [0.25, 0.3) is 0 Å². The second-order valence-corrected chi connectivity index (χ2v) is 9.97. The van der Waals surface area contributed by atoms with Crippen LogP contribution in [0.3, 0.4) is 0 Å². The Bertz CT molecular complexity index is 1110. The molecule has 0 saturated carbocycles. The largest absolute Gasteiger partial charge is 0.381 e. The van der Waals surface area contributed by atoms with E-state index in [9.17, 15) is 0 Å². The van der Waals surface area contributed by atoms with E-state index in [1.807, 2.05) is 0 Å². The molecule has 0 aliphatic heterocycles. The van der Waals surface area contributed by atoms with Crippen LogP contribution < -0.4 is 16.0 Å². The highest BCUT2D eigenvalue weighted by molar-refractivity contribution is 5.56. The van der Waals surface area contributed by atoms with Crippen LogP contribution in [0.1, 0.15) is 50.1 Å². The van der Waals surface area contributed by atoms with E-state index in [2.05, 4.69) is 130 Å². The summed E-state index contributed by atoms with van der Waals surface area (Å²) < 4.78 is 0. The monoisotopic (exact) mass is 477 g/mol. The number of anilines is 3. The summed E-state index contributed by atoms with van der Waals surface area (Å²) >= 11 is 0. The molecule has 3 N–H and O–H groups in total. The molecule has 4 aromatic carbocycles. The van der Waals surface area contributed by atoms with Crippen molar-refractivity contribution >= 4 is 17.1 Å². The van der Waals surface area contributed by atoms with Gasteiger partial charge in [-0.25, -0.2) is 0 Å². The SMILES string of the molecule is Cc1ccc(NCc2c(C)c(CNc3ccc(C)cc3)c(C)c(CNc3ccc(C)cc3)c2C)cc1. The maximum atomic E-state index is 3.66. The van der Waals surface area contributed by atoms with Crippen molar-refractivity contribution in [2.75, 3.05) is 16.0 Å². The molecule has 0 heterocycles. The minimum absolute atomic E-state index is 0.802. The summed E-state index contributed by atoms with van der Waals surface area (Å²) in [5, 5.41) is 11.0. The molecule has 0 atom stereocenters. The molecule has 3 heteroatoms. The first-order chi connectivity index (χ1) is 17.3. The van der Waals surface area contributed by atoms with Gasteiger partial charge in [0.2, 0.25) is 0 Å². The topological polar surface area (TPSA) is 36.1 Å². The quantitative estimate of drug-likeness (QED) is 0.227. The van der Waals surface area contributed by atoms with Gasteiger partial charge in [-0.3, -0.25) is 0 Å². The maximum Gasteiger partial charge on any atom is 0.0406 e. The normalized spacial score (nSPS) is 10.8. The third-order valence-corrected chi connectivity index (χ3v) is 7.28. The van der Waals surface area contributed by atoms with Crippen LogP contribution in [0.4, 0.5) is 17.1 Å². The Hall–Kier alpha value is -3.72. The van der Waals surface area contributed by atoms with Crippen molar-refractivity contribution in [1.29, 1.82) is 0 Å². The summed E-state index contributed by atoms with van der Waals surface area (Å²) in [6, 6.07) is 25.9. The smallest absolute Gasteiger partial charge is 0.0406 e. The maximum absolute atomic E-state index is 3.66. The summed E-state index contributed by atoms with van der Waals surface area (Å²) in [5.74, 6) is 0. The summed E-state index contributed by atoms with van der Waals surface area (Å²) in [6.07, 6.45) is 0. The van der Waals surface area contributed by atoms with Gasteiger partial charge in [-0.2, -0.15) is 0 Å². The Kier molecular flexibility index (Phi) is 8.00. The lowest BCUT2D eigenvalue weighted by Gasteiger charge is -2.24. The fraction of sp³-hybridized carbons (Fsp3) is 0.273. The molecule has 0 fully saturated rings. The van der Waals surface area contributed by atoms with Crippen molar-refractivity contribution < 1.29 is 0 Å². The Morgan fingerprint density at radius 3 is 0.806 bits per heavy atom. The van der Waals surface area contributed by atoms with Crippen LogP contribution in [0.15, 0.2) is 72.8 Å². The Balaban J connectivity index is 1.64. The fourth-order valence-electron chi connectivity index (χ4n) is 4.77. The third-order valence-electron chi connectivity index (χ3n) is 7.28. The molecular weight excluding hydrogens is 438 g/mol. The second-order valence-electron chi connectivity index (χ2n) is 9.97. The van der Waals surface area contributed by atoms with Gasteiger partial charge in [-0.15, -0.1) is 0 Å². The summed E-state index contributed by atoms with van der Waals surface area (Å²) in [4.78, 5) is 0. The first kappa shape index (κ1) is 25.4. The molecular formula is C33H39N3. The summed E-state index contributed by atoms with van der Waals surface area (Å²) in [7, 11) is 0. The highest BCUT2D eigenvalue weighted by Gasteiger charge is 2.17. The van der Waals surface area contributed by atoms with Crippen molar-refractivity contribution in [3.05, 3.63) is 123 Å². The van der Waals surface area contributed by atoms with Gasteiger partial charge in [0, 0.05) is 36.7 Å². The molecule has 4 aromatic rings. The van der Waals surface area contributed by atoms with E-state index in [1.54, 1.807) is 0 Å². The van der Waals surface area contributed by atoms with Gasteiger partial charge in [0.05, 0.1) is 0 Å². The third kappa shape index (κ3) is 6.09. The molecule has 0 aliphatic rings. The number of aryl methyl sites for hydroxylation is 3. The zero-order valence-electron chi connectivity index (χ0n) is 22.5. The zero-order valence-corrected chi connectivity index (χ0v) is 22.5. The van der Waals surface area contributed by atoms with Gasteiger partial charge in [0.15, 0.2) is 0 Å². The molecule has 0 radical (unpaired) electrons. The van der Waals surface area contributed by atoms with Crippen LogP contribution in [0.5, 0.6) is 0 Å². The number of benzene rings is 4. The molecule has 0 unspecified atom stereocenters. The van der Waals surface area contributed by atoms with Gasteiger partial charge in [0.1, 0.15) is 0 Å². The van der Waals surface area contributed by atoms with E-state index < -0.39 is 0 Å². The van der Waals surface area contributed by atoms with E-state index in [0.29, 0.717) is 0 Å². The zero-order chi connectivity index (χ0) is 25.7. The average Bonchev–Trinajstić information content (AvgIpc) is 2.87. The van der Waals surface area contributed by atoms with Crippen molar-refractivity contribution in [2.24, 2.45) is 0 Å². The van der Waals surface area contributed by atoms with Gasteiger partial charge in [-0.05, 0) is 111 Å². The van der Waals surface area contributed by atoms with E-state index in [1.165, 1.54) is 50.1 Å². The van der Waals surface area contributed by atoms with Crippen molar-refractivity contribution in [3.63, 3.8) is 0 Å². The first-order valence-corrected chi connectivity index (χ1v) is 12.8. The molecule has 186 valence electrons. The van der Waals surface area contributed by atoms with Crippen LogP contribution in [0.2, 0.25) is 0 Å². The van der Waals surface area contributed by atoms with Crippen molar-refractivity contribution in [1.82, 2.24) is 0 Å². The number of rotatable bonds is 9. The highest BCUT2D eigenvalue weighted by atomic mass is 14.9. The minimum Gasteiger partial charge on any atom is -0.381 e. The Morgan fingerprint density at radius 1 is 0.361 bits per heavy atom. The number of hydrogen-bond acceptors (Lipinski definition) is 3. The van der Waals surface area contributed by atoms with Crippen LogP contribution in [0, 0.1) is 41.5 Å². The van der Waals surface area contributed by atoms with E-state index in [0.717, 1.165) is 36.7 Å². The van der Waals surface area contributed by atoms with Crippen LogP contribution in [-0.4, -0.2) is 0 Å². The molecule has 0 bridgehead atoms. The van der Waals surface area contributed by atoms with Crippen LogP contribution in [0.25, 0.3) is 0 Å². The van der Waals surface area contributed by atoms with E-state index in [4.69, 9.17) is 0 Å². The number of nitrogens with one attached hydrogen (secondary N) is 3. The molecule has 0 aliphatic carbocycles. The Labute approximate surface area is 217 Å². The van der Waals surface area contributed by atoms with Gasteiger partial charge in [-0.1, -0.05) is 53.1 Å². The lowest BCUT2D eigenvalue weighted by Crippen LogP contribution is -2.15. The Morgan fingerprint density at radius 2 is 0.583 bits per heavy atom. The highest BCUT2D eigenvalue weighted by Crippen LogP contribution is 2.30. The fourth-order valence-corrected chi connectivity index (χ4v) is 4.77. The molecule has 0 spiro atoms. The number of hydrogen-bond donors (Lipinski definition) is 3. The minimum atomic E-state index is 0.802. The summed E-state index contributed by atoms with van der Waals surface area (Å²) in [6.45, 7) is 15.6.